The number of hydrogen-bond acceptors (Lipinski definition) is 1. The first-order valence-corrected chi connectivity index (χ1v) is 7.55. The summed E-state index contributed by atoms with van der Waals surface area (Å²) in [7, 11) is 0. The number of rotatable bonds is 3. The van der Waals surface area contributed by atoms with E-state index in [2.05, 4.69) is 12.2 Å². The summed E-state index contributed by atoms with van der Waals surface area (Å²) in [5.74, 6) is 1.29. The minimum Gasteiger partial charge on any atom is -0.352 e. The minimum absolute atomic E-state index is 0.0816. The van der Waals surface area contributed by atoms with Crippen molar-refractivity contribution in [2.45, 2.75) is 69.7 Å². The normalized spacial score (nSPS) is 32.4. The van der Waals surface area contributed by atoms with Gasteiger partial charge in [-0.1, -0.05) is 32.6 Å². The summed E-state index contributed by atoms with van der Waals surface area (Å²) in [5.41, 5.74) is 0. The van der Waals surface area contributed by atoms with Crippen LogP contribution in [0.4, 0.5) is 0 Å². The predicted octanol–water partition coefficient (Wildman–Crippen LogP) is 3.48. The molecule has 0 aromatic rings. The van der Waals surface area contributed by atoms with Crippen LogP contribution in [0, 0.1) is 11.8 Å². The molecule has 1 atom stereocenters. The first-order chi connectivity index (χ1) is 8.16. The van der Waals surface area contributed by atoms with Crippen molar-refractivity contribution < 1.29 is 4.79 Å². The van der Waals surface area contributed by atoms with E-state index in [0.717, 1.165) is 31.6 Å². The van der Waals surface area contributed by atoms with E-state index in [0.29, 0.717) is 12.0 Å². The second kappa shape index (κ2) is 6.08. The number of alkyl halides is 1. The minimum atomic E-state index is -0.303. The van der Waals surface area contributed by atoms with Crippen LogP contribution in [0.1, 0.15) is 58.3 Å². The van der Waals surface area contributed by atoms with Gasteiger partial charge in [0.2, 0.25) is 5.91 Å². The van der Waals surface area contributed by atoms with E-state index in [1.54, 1.807) is 0 Å². The Morgan fingerprint density at radius 2 is 1.71 bits per heavy atom. The number of hydrogen-bond donors (Lipinski definition) is 1. The quantitative estimate of drug-likeness (QED) is 0.771. The van der Waals surface area contributed by atoms with Crippen molar-refractivity contribution in [3.05, 3.63) is 0 Å². The van der Waals surface area contributed by atoms with Crippen molar-refractivity contribution in [1.29, 1.82) is 0 Å². The third-order valence-electron chi connectivity index (χ3n) is 4.43. The second-order valence-electron chi connectivity index (χ2n) is 5.91. The lowest BCUT2D eigenvalue weighted by atomic mass is 9.81. The molecular weight excluding hydrogens is 234 g/mol. The summed E-state index contributed by atoms with van der Waals surface area (Å²) in [6.45, 7) is 2.29. The number of nitrogens with one attached hydrogen (secondary N) is 1. The molecule has 0 aromatic carbocycles. The molecule has 0 spiro atoms. The highest BCUT2D eigenvalue weighted by Crippen LogP contribution is 2.32. The van der Waals surface area contributed by atoms with Crippen LogP contribution in [0.15, 0.2) is 0 Å². The molecule has 2 aliphatic rings. The predicted molar refractivity (Wildman–Crippen MR) is 71.2 cm³/mol. The van der Waals surface area contributed by atoms with Crippen molar-refractivity contribution in [1.82, 2.24) is 5.32 Å². The van der Waals surface area contributed by atoms with Crippen LogP contribution >= 0.6 is 11.6 Å². The first kappa shape index (κ1) is 13.2. The lowest BCUT2D eigenvalue weighted by molar-refractivity contribution is -0.122. The van der Waals surface area contributed by atoms with Gasteiger partial charge in [0.15, 0.2) is 0 Å². The molecule has 2 aliphatic carbocycles. The van der Waals surface area contributed by atoms with Gasteiger partial charge < -0.3 is 5.32 Å². The summed E-state index contributed by atoms with van der Waals surface area (Å²) >= 11 is 6.32. The maximum absolute atomic E-state index is 12.0. The molecule has 1 unspecified atom stereocenters. The van der Waals surface area contributed by atoms with Gasteiger partial charge in [0, 0.05) is 6.04 Å². The number of carbonyl (C=O) groups is 1. The number of amides is 1. The molecule has 2 fully saturated rings. The topological polar surface area (TPSA) is 29.1 Å². The molecule has 2 saturated carbocycles. The molecule has 0 aromatic heterocycles. The maximum atomic E-state index is 12.0. The fraction of sp³-hybridized carbons (Fsp3) is 0.929. The molecule has 3 heteroatoms. The van der Waals surface area contributed by atoms with Crippen LogP contribution in [0.3, 0.4) is 0 Å². The zero-order valence-electron chi connectivity index (χ0n) is 10.8. The molecule has 0 aliphatic heterocycles. The van der Waals surface area contributed by atoms with Gasteiger partial charge in [0.05, 0.1) is 0 Å². The van der Waals surface area contributed by atoms with Crippen LogP contribution in [-0.2, 0) is 4.79 Å². The second-order valence-corrected chi connectivity index (χ2v) is 6.38. The van der Waals surface area contributed by atoms with E-state index in [9.17, 15) is 4.79 Å². The Kier molecular flexibility index (Phi) is 4.72. The standard InChI is InChI=1S/C14H24ClNO/c1-10-6-8-11(9-7-10)13(15)14(17)16-12-4-2-3-5-12/h10-13H,2-9H2,1H3,(H,16,17). The van der Waals surface area contributed by atoms with E-state index in [1.165, 1.54) is 25.7 Å². The molecule has 17 heavy (non-hydrogen) atoms. The third-order valence-corrected chi connectivity index (χ3v) is 4.98. The van der Waals surface area contributed by atoms with Gasteiger partial charge >= 0.3 is 0 Å². The van der Waals surface area contributed by atoms with Crippen molar-refractivity contribution >= 4 is 17.5 Å². The van der Waals surface area contributed by atoms with Gasteiger partial charge in [-0.15, -0.1) is 11.6 Å². The number of halogens is 1. The summed E-state index contributed by atoms with van der Waals surface area (Å²) in [6, 6.07) is 0.395. The van der Waals surface area contributed by atoms with Crippen LogP contribution in [0.25, 0.3) is 0 Å². The summed E-state index contributed by atoms with van der Waals surface area (Å²) in [5, 5.41) is 2.81. The van der Waals surface area contributed by atoms with Crippen molar-refractivity contribution in [2.24, 2.45) is 11.8 Å². The Morgan fingerprint density at radius 3 is 2.29 bits per heavy atom. The van der Waals surface area contributed by atoms with Crippen molar-refractivity contribution in [3.63, 3.8) is 0 Å². The molecule has 1 amide bonds. The zero-order valence-corrected chi connectivity index (χ0v) is 11.5. The Hall–Kier alpha value is -0.240. The van der Waals surface area contributed by atoms with Crippen LogP contribution < -0.4 is 5.32 Å². The van der Waals surface area contributed by atoms with E-state index < -0.39 is 0 Å². The summed E-state index contributed by atoms with van der Waals surface area (Å²) in [4.78, 5) is 12.0. The van der Waals surface area contributed by atoms with Crippen LogP contribution in [0.2, 0.25) is 0 Å². The largest absolute Gasteiger partial charge is 0.352 e. The highest BCUT2D eigenvalue weighted by molar-refractivity contribution is 6.31. The summed E-state index contributed by atoms with van der Waals surface area (Å²) in [6.07, 6.45) is 9.46. The monoisotopic (exact) mass is 257 g/mol. The molecule has 1 N–H and O–H groups in total. The van der Waals surface area contributed by atoms with Crippen LogP contribution in [0.5, 0.6) is 0 Å². The van der Waals surface area contributed by atoms with Crippen molar-refractivity contribution in [3.8, 4) is 0 Å². The highest BCUT2D eigenvalue weighted by atomic mass is 35.5. The maximum Gasteiger partial charge on any atom is 0.238 e. The average molecular weight is 258 g/mol. The fourth-order valence-electron chi connectivity index (χ4n) is 3.14. The Labute approximate surface area is 109 Å². The van der Waals surface area contributed by atoms with Crippen LogP contribution in [-0.4, -0.2) is 17.3 Å². The van der Waals surface area contributed by atoms with Gasteiger partial charge in [-0.2, -0.15) is 0 Å². The Morgan fingerprint density at radius 1 is 1.12 bits per heavy atom. The molecule has 2 nitrogen and oxygen atoms in total. The zero-order chi connectivity index (χ0) is 12.3. The Bertz CT molecular complexity index is 255. The molecule has 98 valence electrons. The molecular formula is C14H24ClNO. The number of carbonyl (C=O) groups excluding carboxylic acids is 1. The molecule has 2 rings (SSSR count). The lowest BCUT2D eigenvalue weighted by Gasteiger charge is -2.29. The Balaban J connectivity index is 1.77. The van der Waals surface area contributed by atoms with E-state index in [1.807, 2.05) is 0 Å². The van der Waals surface area contributed by atoms with Gasteiger partial charge in [-0.05, 0) is 37.5 Å². The fourth-order valence-corrected chi connectivity index (χ4v) is 3.46. The third kappa shape index (κ3) is 3.61. The van der Waals surface area contributed by atoms with Crippen molar-refractivity contribution in [2.75, 3.05) is 0 Å². The highest BCUT2D eigenvalue weighted by Gasteiger charge is 2.30. The summed E-state index contributed by atoms with van der Waals surface area (Å²) < 4.78 is 0. The first-order valence-electron chi connectivity index (χ1n) is 7.11. The van der Waals surface area contributed by atoms with Gasteiger partial charge in [0.1, 0.15) is 5.38 Å². The smallest absolute Gasteiger partial charge is 0.238 e. The van der Waals surface area contributed by atoms with E-state index >= 15 is 0 Å². The van der Waals surface area contributed by atoms with Gasteiger partial charge in [-0.3, -0.25) is 4.79 Å². The lowest BCUT2D eigenvalue weighted by Crippen LogP contribution is -2.41. The van der Waals surface area contributed by atoms with Gasteiger partial charge in [-0.25, -0.2) is 0 Å². The molecule has 0 saturated heterocycles. The molecule has 0 heterocycles. The van der Waals surface area contributed by atoms with E-state index in [-0.39, 0.29) is 11.3 Å². The average Bonchev–Trinajstić information content (AvgIpc) is 2.82. The molecule has 0 bridgehead atoms. The van der Waals surface area contributed by atoms with E-state index in [4.69, 9.17) is 11.6 Å². The van der Waals surface area contributed by atoms with Gasteiger partial charge in [0.25, 0.3) is 0 Å². The molecule has 0 radical (unpaired) electrons. The SMILES string of the molecule is CC1CCC(C(Cl)C(=O)NC2CCCC2)CC1.